The van der Waals surface area contributed by atoms with Crippen LogP contribution in [0.5, 0.6) is 5.75 Å². The number of hydrogen-bond donors (Lipinski definition) is 0. The molecule has 4 heteroatoms. The number of rotatable bonds is 6. The highest BCUT2D eigenvalue weighted by Gasteiger charge is 2.09. The molecule has 0 N–H and O–H groups in total. The van der Waals surface area contributed by atoms with Gasteiger partial charge >= 0.3 is 0 Å². The van der Waals surface area contributed by atoms with Crippen molar-refractivity contribution in [3.8, 4) is 16.9 Å². The van der Waals surface area contributed by atoms with Crippen LogP contribution in [0.15, 0.2) is 67.3 Å². The number of hydrogen-bond acceptors (Lipinski definition) is 1. The Morgan fingerprint density at radius 3 is 2.32 bits per heavy atom. The van der Waals surface area contributed by atoms with Crippen LogP contribution in [0, 0.1) is 24.4 Å². The standard InChI is InChI=1S/C24H19F3O/c1-3-14-28-20-12-13-21(22(25)15-20)18-9-5-17(6-10-18)7-11-19-8-4-16(2)23(26)24(19)27/h3-13,15H,1,14H2,2H3/b11-7+. The Labute approximate surface area is 162 Å². The van der Waals surface area contributed by atoms with Gasteiger partial charge < -0.3 is 4.74 Å². The van der Waals surface area contributed by atoms with E-state index < -0.39 is 11.6 Å². The van der Waals surface area contributed by atoms with Gasteiger partial charge in [0, 0.05) is 17.2 Å². The van der Waals surface area contributed by atoms with E-state index in [1.165, 1.54) is 31.2 Å². The van der Waals surface area contributed by atoms with E-state index in [0.717, 1.165) is 5.56 Å². The van der Waals surface area contributed by atoms with Gasteiger partial charge in [0.15, 0.2) is 11.6 Å². The fourth-order valence-electron chi connectivity index (χ4n) is 2.72. The molecule has 0 aliphatic carbocycles. The van der Waals surface area contributed by atoms with Crippen molar-refractivity contribution in [1.29, 1.82) is 0 Å². The molecular formula is C24H19F3O. The molecule has 0 aromatic heterocycles. The van der Waals surface area contributed by atoms with Crippen molar-refractivity contribution in [2.24, 2.45) is 0 Å². The van der Waals surface area contributed by atoms with Gasteiger partial charge in [0.25, 0.3) is 0 Å². The molecule has 3 aromatic carbocycles. The number of benzene rings is 3. The minimum atomic E-state index is -0.867. The lowest BCUT2D eigenvalue weighted by Crippen LogP contribution is -1.94. The molecular weight excluding hydrogens is 361 g/mol. The quantitative estimate of drug-likeness (QED) is 0.337. The zero-order chi connectivity index (χ0) is 20.1. The fraction of sp³-hybridized carbons (Fsp3) is 0.0833. The van der Waals surface area contributed by atoms with Crippen molar-refractivity contribution in [3.05, 3.63) is 101 Å². The largest absolute Gasteiger partial charge is 0.489 e. The third kappa shape index (κ3) is 4.34. The molecule has 142 valence electrons. The summed E-state index contributed by atoms with van der Waals surface area (Å²) in [4.78, 5) is 0. The van der Waals surface area contributed by atoms with Gasteiger partial charge in [-0.1, -0.05) is 61.2 Å². The summed E-state index contributed by atoms with van der Waals surface area (Å²) >= 11 is 0. The van der Waals surface area contributed by atoms with Crippen LogP contribution in [0.25, 0.3) is 23.3 Å². The van der Waals surface area contributed by atoms with Crippen LogP contribution < -0.4 is 4.74 Å². The number of halogens is 3. The van der Waals surface area contributed by atoms with Crippen molar-refractivity contribution in [1.82, 2.24) is 0 Å². The summed E-state index contributed by atoms with van der Waals surface area (Å²) in [5.41, 5.74) is 2.39. The van der Waals surface area contributed by atoms with E-state index in [1.54, 1.807) is 48.6 Å². The van der Waals surface area contributed by atoms with E-state index in [0.29, 0.717) is 23.5 Å². The molecule has 1 nitrogen and oxygen atoms in total. The highest BCUT2D eigenvalue weighted by Crippen LogP contribution is 2.27. The first-order chi connectivity index (χ1) is 13.5. The third-order valence-electron chi connectivity index (χ3n) is 4.29. The van der Waals surface area contributed by atoms with Crippen molar-refractivity contribution in [3.63, 3.8) is 0 Å². The molecule has 0 bridgehead atoms. The minimum absolute atomic E-state index is 0.174. The molecule has 0 radical (unpaired) electrons. The van der Waals surface area contributed by atoms with Gasteiger partial charge in [0.05, 0.1) is 0 Å². The van der Waals surface area contributed by atoms with Gasteiger partial charge in [-0.3, -0.25) is 0 Å². The normalized spacial score (nSPS) is 11.0. The number of aryl methyl sites for hydroxylation is 1. The summed E-state index contributed by atoms with van der Waals surface area (Å²) in [7, 11) is 0. The zero-order valence-corrected chi connectivity index (χ0v) is 15.4. The summed E-state index contributed by atoms with van der Waals surface area (Å²) in [6.07, 6.45) is 4.79. The summed E-state index contributed by atoms with van der Waals surface area (Å²) in [6.45, 7) is 5.38. The van der Waals surface area contributed by atoms with E-state index >= 15 is 0 Å². The SMILES string of the molecule is C=CCOc1ccc(-c2ccc(/C=C/c3ccc(C)c(F)c3F)cc2)c(F)c1. The average molecular weight is 380 g/mol. The van der Waals surface area contributed by atoms with Crippen molar-refractivity contribution in [2.45, 2.75) is 6.92 Å². The van der Waals surface area contributed by atoms with Crippen LogP contribution in [0.3, 0.4) is 0 Å². The summed E-state index contributed by atoms with van der Waals surface area (Å²) in [5, 5.41) is 0. The van der Waals surface area contributed by atoms with Crippen LogP contribution in [0.4, 0.5) is 13.2 Å². The molecule has 0 aliphatic heterocycles. The molecule has 0 fully saturated rings. The molecule has 0 saturated heterocycles. The fourth-order valence-corrected chi connectivity index (χ4v) is 2.72. The maximum atomic E-state index is 14.4. The highest BCUT2D eigenvalue weighted by molar-refractivity contribution is 5.72. The van der Waals surface area contributed by atoms with Gasteiger partial charge in [-0.05, 0) is 35.7 Å². The van der Waals surface area contributed by atoms with Crippen LogP contribution in [0.1, 0.15) is 16.7 Å². The molecule has 0 atom stereocenters. The molecule has 0 aliphatic rings. The molecule has 0 saturated carbocycles. The Kier molecular flexibility index (Phi) is 5.99. The van der Waals surface area contributed by atoms with E-state index in [2.05, 4.69) is 6.58 Å². The van der Waals surface area contributed by atoms with E-state index in [9.17, 15) is 13.2 Å². The second-order valence-electron chi connectivity index (χ2n) is 6.30. The topological polar surface area (TPSA) is 9.23 Å². The van der Waals surface area contributed by atoms with Gasteiger partial charge in [-0.25, -0.2) is 13.2 Å². The van der Waals surface area contributed by atoms with Gasteiger partial charge in [-0.15, -0.1) is 0 Å². The van der Waals surface area contributed by atoms with Crippen molar-refractivity contribution >= 4 is 12.2 Å². The lowest BCUT2D eigenvalue weighted by molar-refractivity contribution is 0.361. The van der Waals surface area contributed by atoms with Gasteiger partial charge in [0.1, 0.15) is 18.2 Å². The van der Waals surface area contributed by atoms with E-state index in [1.807, 2.05) is 0 Å². The predicted molar refractivity (Wildman–Crippen MR) is 108 cm³/mol. The summed E-state index contributed by atoms with van der Waals surface area (Å²) in [6, 6.07) is 14.9. The zero-order valence-electron chi connectivity index (χ0n) is 15.4. The monoisotopic (exact) mass is 380 g/mol. The minimum Gasteiger partial charge on any atom is -0.489 e. The Morgan fingerprint density at radius 1 is 0.893 bits per heavy atom. The first kappa shape index (κ1) is 19.5. The lowest BCUT2D eigenvalue weighted by Gasteiger charge is -2.08. The Hall–Kier alpha value is -3.27. The van der Waals surface area contributed by atoms with E-state index in [4.69, 9.17) is 4.74 Å². The first-order valence-electron chi connectivity index (χ1n) is 8.76. The van der Waals surface area contributed by atoms with Crippen molar-refractivity contribution < 1.29 is 17.9 Å². The summed E-state index contributed by atoms with van der Waals surface area (Å²) < 4.78 is 47.2. The number of ether oxygens (including phenoxy) is 1. The first-order valence-corrected chi connectivity index (χ1v) is 8.76. The molecule has 0 unspecified atom stereocenters. The van der Waals surface area contributed by atoms with Crippen LogP contribution in [0.2, 0.25) is 0 Å². The molecule has 3 rings (SSSR count). The second-order valence-corrected chi connectivity index (χ2v) is 6.30. The van der Waals surface area contributed by atoms with Gasteiger partial charge in [-0.2, -0.15) is 0 Å². The maximum Gasteiger partial charge on any atom is 0.166 e. The van der Waals surface area contributed by atoms with Gasteiger partial charge in [0.2, 0.25) is 0 Å². The molecule has 0 heterocycles. The summed E-state index contributed by atoms with van der Waals surface area (Å²) in [5.74, 6) is -1.66. The molecule has 0 amide bonds. The van der Waals surface area contributed by atoms with Crippen LogP contribution in [-0.2, 0) is 0 Å². The maximum absolute atomic E-state index is 14.4. The second kappa shape index (κ2) is 8.61. The lowest BCUT2D eigenvalue weighted by atomic mass is 10.0. The Bertz CT molecular complexity index is 1020. The van der Waals surface area contributed by atoms with E-state index in [-0.39, 0.29) is 16.9 Å². The van der Waals surface area contributed by atoms with Crippen LogP contribution in [-0.4, -0.2) is 6.61 Å². The Morgan fingerprint density at radius 2 is 1.64 bits per heavy atom. The molecule has 28 heavy (non-hydrogen) atoms. The molecule has 0 spiro atoms. The predicted octanol–water partition coefficient (Wildman–Crippen LogP) is 6.81. The van der Waals surface area contributed by atoms with Crippen molar-refractivity contribution in [2.75, 3.05) is 6.61 Å². The Balaban J connectivity index is 1.79. The highest BCUT2D eigenvalue weighted by atomic mass is 19.2. The molecule has 3 aromatic rings. The smallest absolute Gasteiger partial charge is 0.166 e. The average Bonchev–Trinajstić information content (AvgIpc) is 2.70. The third-order valence-corrected chi connectivity index (χ3v) is 4.29. The van der Waals surface area contributed by atoms with Crippen LogP contribution >= 0.6 is 0 Å².